The molecule has 1 atom stereocenters. The molecule has 200 valence electrons. The van der Waals surface area contributed by atoms with E-state index in [4.69, 9.17) is 14.5 Å². The van der Waals surface area contributed by atoms with Crippen molar-refractivity contribution in [2.75, 3.05) is 6.61 Å². The molecule has 39 heavy (non-hydrogen) atoms. The highest BCUT2D eigenvalue weighted by Crippen LogP contribution is 2.45. The van der Waals surface area contributed by atoms with Crippen molar-refractivity contribution in [2.45, 2.75) is 53.6 Å². The lowest BCUT2D eigenvalue weighted by atomic mass is 9.72. The Bertz CT molecular complexity index is 1570. The van der Waals surface area contributed by atoms with Gasteiger partial charge in [0.15, 0.2) is 11.5 Å². The molecule has 0 amide bonds. The molecule has 4 aromatic rings. The Morgan fingerprint density at radius 2 is 1.92 bits per heavy atom. The summed E-state index contributed by atoms with van der Waals surface area (Å²) in [6.07, 6.45) is 4.92. The minimum Gasteiger partial charge on any atom is -0.490 e. The van der Waals surface area contributed by atoms with Crippen LogP contribution in [0.1, 0.15) is 61.2 Å². The predicted molar refractivity (Wildman–Crippen MR) is 165 cm³/mol. The van der Waals surface area contributed by atoms with Gasteiger partial charge in [0.2, 0.25) is 0 Å². The fourth-order valence-corrected chi connectivity index (χ4v) is 7.08. The van der Waals surface area contributed by atoms with E-state index in [2.05, 4.69) is 73.1 Å². The van der Waals surface area contributed by atoms with Gasteiger partial charge in [0.1, 0.15) is 17.7 Å². The second-order valence-corrected chi connectivity index (χ2v) is 13.0. The van der Waals surface area contributed by atoms with Gasteiger partial charge in [-0.2, -0.15) is 5.26 Å². The molecule has 0 aliphatic heterocycles. The molecule has 6 heteroatoms. The van der Waals surface area contributed by atoms with Gasteiger partial charge in [-0.1, -0.05) is 63.2 Å². The number of thiophene rings is 1. The van der Waals surface area contributed by atoms with Crippen molar-refractivity contribution in [3.63, 3.8) is 0 Å². The molecular formula is C33H33BrN2O2S. The zero-order valence-corrected chi connectivity index (χ0v) is 25.3. The van der Waals surface area contributed by atoms with Gasteiger partial charge in [0.05, 0.1) is 16.6 Å². The molecule has 1 aliphatic carbocycles. The quantitative estimate of drug-likeness (QED) is 0.198. The SMILES string of the molecule is CCOc1cc(C=Nc2sc3c(c2C#N)CC[C@H](C(C)(C)C)C3)cc(Br)c1OCc1cccc2ccccc12. The third-order valence-corrected chi connectivity index (χ3v) is 9.25. The molecule has 0 bridgehead atoms. The summed E-state index contributed by atoms with van der Waals surface area (Å²) in [5.74, 6) is 1.95. The molecule has 5 rings (SSSR count). The van der Waals surface area contributed by atoms with E-state index in [-0.39, 0.29) is 5.41 Å². The highest BCUT2D eigenvalue weighted by atomic mass is 79.9. The van der Waals surface area contributed by atoms with Crippen LogP contribution in [0.5, 0.6) is 11.5 Å². The molecule has 0 saturated carbocycles. The lowest BCUT2D eigenvalue weighted by Crippen LogP contribution is -2.26. The molecule has 3 aromatic carbocycles. The summed E-state index contributed by atoms with van der Waals surface area (Å²) in [5, 5.41) is 13.1. The fraction of sp³-hybridized carbons (Fsp3) is 0.333. The van der Waals surface area contributed by atoms with E-state index in [1.165, 1.54) is 21.2 Å². The van der Waals surface area contributed by atoms with E-state index < -0.39 is 0 Å². The van der Waals surface area contributed by atoms with Crippen molar-refractivity contribution in [3.05, 3.63) is 86.2 Å². The summed E-state index contributed by atoms with van der Waals surface area (Å²) in [4.78, 5) is 6.11. The molecule has 0 N–H and O–H groups in total. The average Bonchev–Trinajstić information content (AvgIpc) is 3.28. The third-order valence-electron chi connectivity index (χ3n) is 7.50. The monoisotopic (exact) mass is 600 g/mol. The Hall–Kier alpha value is -3.14. The number of hydrogen-bond acceptors (Lipinski definition) is 5. The highest BCUT2D eigenvalue weighted by molar-refractivity contribution is 9.10. The molecule has 0 radical (unpaired) electrons. The Balaban J connectivity index is 1.40. The van der Waals surface area contributed by atoms with Gasteiger partial charge in [-0.3, -0.25) is 0 Å². The van der Waals surface area contributed by atoms with Crippen molar-refractivity contribution < 1.29 is 9.47 Å². The Kier molecular flexibility index (Phi) is 8.11. The number of halogens is 1. The zero-order chi connectivity index (χ0) is 27.6. The van der Waals surface area contributed by atoms with Crippen LogP contribution in [0.4, 0.5) is 5.00 Å². The second kappa shape index (κ2) is 11.5. The van der Waals surface area contributed by atoms with Crippen molar-refractivity contribution in [1.82, 2.24) is 0 Å². The van der Waals surface area contributed by atoms with Crippen molar-refractivity contribution >= 4 is 49.3 Å². The lowest BCUT2D eigenvalue weighted by Gasteiger charge is -2.33. The molecule has 0 fully saturated rings. The Morgan fingerprint density at radius 1 is 1.13 bits per heavy atom. The van der Waals surface area contributed by atoms with Crippen LogP contribution in [0.25, 0.3) is 10.8 Å². The van der Waals surface area contributed by atoms with Crippen LogP contribution in [0.2, 0.25) is 0 Å². The van der Waals surface area contributed by atoms with Crippen LogP contribution in [0.15, 0.2) is 64.1 Å². The third kappa shape index (κ3) is 5.90. The minimum atomic E-state index is 0.261. The standard InChI is InChI=1S/C33H33BrN2O2S/c1-5-37-29-16-21(15-28(34)31(29)38-20-23-11-8-10-22-9-6-7-12-25(22)23)19-36-32-27(18-35)26-14-13-24(33(2,3)4)17-30(26)39-32/h6-12,15-16,19,24H,5,13-14,17,20H2,1-4H3/t24-/m0/s1. The van der Waals surface area contributed by atoms with E-state index in [0.717, 1.165) is 45.4 Å². The van der Waals surface area contributed by atoms with Crippen LogP contribution < -0.4 is 9.47 Å². The normalized spacial score (nSPS) is 15.3. The fourth-order valence-electron chi connectivity index (χ4n) is 5.28. The summed E-state index contributed by atoms with van der Waals surface area (Å²) in [6, 6.07) is 20.9. The second-order valence-electron chi connectivity index (χ2n) is 11.0. The summed E-state index contributed by atoms with van der Waals surface area (Å²) >= 11 is 5.37. The first-order valence-corrected chi connectivity index (χ1v) is 15.0. The molecule has 4 nitrogen and oxygen atoms in total. The number of nitriles is 1. The van der Waals surface area contributed by atoms with Crippen LogP contribution in [0.3, 0.4) is 0 Å². The molecule has 1 heterocycles. The van der Waals surface area contributed by atoms with Crippen LogP contribution in [-0.4, -0.2) is 12.8 Å². The number of benzene rings is 3. The lowest BCUT2D eigenvalue weighted by molar-refractivity contribution is 0.218. The number of nitrogens with zero attached hydrogens (tertiary/aromatic N) is 2. The number of hydrogen-bond donors (Lipinski definition) is 0. The predicted octanol–water partition coefficient (Wildman–Crippen LogP) is 9.41. The highest BCUT2D eigenvalue weighted by Gasteiger charge is 2.32. The van der Waals surface area contributed by atoms with E-state index in [9.17, 15) is 5.26 Å². The number of ether oxygens (including phenoxy) is 2. The summed E-state index contributed by atoms with van der Waals surface area (Å²) < 4.78 is 13.1. The van der Waals surface area contributed by atoms with E-state index in [1.807, 2.05) is 37.4 Å². The van der Waals surface area contributed by atoms with Gasteiger partial charge in [-0.25, -0.2) is 4.99 Å². The molecular weight excluding hydrogens is 568 g/mol. The van der Waals surface area contributed by atoms with Crippen molar-refractivity contribution in [3.8, 4) is 17.6 Å². The molecule has 0 spiro atoms. The molecule has 0 unspecified atom stereocenters. The summed E-state index contributed by atoms with van der Waals surface area (Å²) in [5.41, 5.74) is 4.19. The van der Waals surface area contributed by atoms with Gasteiger partial charge in [-0.15, -0.1) is 11.3 Å². The van der Waals surface area contributed by atoms with Crippen LogP contribution >= 0.6 is 27.3 Å². The van der Waals surface area contributed by atoms with Gasteiger partial charge in [0.25, 0.3) is 0 Å². The molecule has 0 saturated heterocycles. The van der Waals surface area contributed by atoms with E-state index in [1.54, 1.807) is 11.3 Å². The first-order valence-electron chi connectivity index (χ1n) is 13.4. The first kappa shape index (κ1) is 27.4. The van der Waals surface area contributed by atoms with Gasteiger partial charge >= 0.3 is 0 Å². The van der Waals surface area contributed by atoms with Gasteiger partial charge in [-0.05, 0) is 93.0 Å². The Labute approximate surface area is 243 Å². The maximum Gasteiger partial charge on any atom is 0.175 e. The largest absolute Gasteiger partial charge is 0.490 e. The maximum atomic E-state index is 9.94. The molecule has 1 aliphatic rings. The number of aliphatic imine (C=N–C) groups is 1. The average molecular weight is 602 g/mol. The van der Waals surface area contributed by atoms with E-state index >= 15 is 0 Å². The zero-order valence-electron chi connectivity index (χ0n) is 22.9. The number of rotatable bonds is 7. The van der Waals surface area contributed by atoms with Crippen LogP contribution in [-0.2, 0) is 19.4 Å². The van der Waals surface area contributed by atoms with E-state index in [0.29, 0.717) is 30.6 Å². The van der Waals surface area contributed by atoms with Crippen LogP contribution in [0, 0.1) is 22.7 Å². The minimum absolute atomic E-state index is 0.261. The van der Waals surface area contributed by atoms with Gasteiger partial charge in [0, 0.05) is 11.1 Å². The summed E-state index contributed by atoms with van der Waals surface area (Å²) in [7, 11) is 0. The summed E-state index contributed by atoms with van der Waals surface area (Å²) in [6.45, 7) is 9.83. The molecule has 1 aromatic heterocycles. The van der Waals surface area contributed by atoms with Crippen molar-refractivity contribution in [2.24, 2.45) is 16.3 Å². The van der Waals surface area contributed by atoms with Crippen molar-refractivity contribution in [1.29, 1.82) is 5.26 Å². The topological polar surface area (TPSA) is 54.6 Å². The first-order chi connectivity index (χ1) is 18.8. The Morgan fingerprint density at radius 3 is 2.69 bits per heavy atom. The van der Waals surface area contributed by atoms with Gasteiger partial charge < -0.3 is 9.47 Å². The maximum absolute atomic E-state index is 9.94. The smallest absolute Gasteiger partial charge is 0.175 e. The number of fused-ring (bicyclic) bond motifs is 2.